The van der Waals surface area contributed by atoms with Crippen LogP contribution in [0.1, 0.15) is 16.1 Å². The fourth-order valence-electron chi connectivity index (χ4n) is 2.45. The molecule has 0 radical (unpaired) electrons. The minimum absolute atomic E-state index is 0.159. The van der Waals surface area contributed by atoms with Crippen molar-refractivity contribution in [1.82, 2.24) is 10.3 Å². The average molecular weight is 359 g/mol. The lowest BCUT2D eigenvalue weighted by Crippen LogP contribution is -2.23. The molecule has 2 N–H and O–H groups in total. The molecule has 0 unspecified atom stereocenters. The van der Waals surface area contributed by atoms with Gasteiger partial charge in [-0.15, -0.1) is 0 Å². The summed E-state index contributed by atoms with van der Waals surface area (Å²) >= 11 is 5.97. The number of H-pyrrole nitrogens is 1. The number of hydrogen-bond acceptors (Lipinski definition) is 3. The highest BCUT2D eigenvalue weighted by molar-refractivity contribution is 6.31. The predicted molar refractivity (Wildman–Crippen MR) is 98.3 cm³/mol. The molecule has 0 saturated carbocycles. The molecule has 1 amide bonds. The Morgan fingerprint density at radius 3 is 2.68 bits per heavy atom. The molecule has 5 nitrogen and oxygen atoms in total. The van der Waals surface area contributed by atoms with Crippen molar-refractivity contribution >= 4 is 28.4 Å². The maximum Gasteiger partial charge on any atom is 0.267 e. The average Bonchev–Trinajstić information content (AvgIpc) is 3.04. The van der Waals surface area contributed by atoms with E-state index in [0.717, 1.165) is 22.2 Å². The van der Waals surface area contributed by atoms with E-state index in [9.17, 15) is 4.79 Å². The van der Waals surface area contributed by atoms with Crippen molar-refractivity contribution in [2.45, 2.75) is 6.54 Å². The minimum Gasteiger partial charge on any atom is -0.491 e. The summed E-state index contributed by atoms with van der Waals surface area (Å²) < 4.78 is 10.5. The SMILES string of the molecule is COCCOc1ccc(CNC(=O)c2cc3cc(Cl)ccc3[nH]2)cc1. The summed E-state index contributed by atoms with van der Waals surface area (Å²) in [6, 6.07) is 14.9. The molecular weight excluding hydrogens is 340 g/mol. The van der Waals surface area contributed by atoms with Gasteiger partial charge in [0, 0.05) is 29.6 Å². The number of aromatic nitrogens is 1. The Morgan fingerprint density at radius 1 is 1.12 bits per heavy atom. The summed E-state index contributed by atoms with van der Waals surface area (Å²) in [7, 11) is 1.64. The first-order valence-corrected chi connectivity index (χ1v) is 8.30. The molecule has 0 fully saturated rings. The first kappa shape index (κ1) is 17.3. The van der Waals surface area contributed by atoms with Crippen LogP contribution in [0.25, 0.3) is 10.9 Å². The zero-order valence-corrected chi connectivity index (χ0v) is 14.6. The van der Waals surface area contributed by atoms with Crippen LogP contribution in [0.3, 0.4) is 0 Å². The Kier molecular flexibility index (Phi) is 5.58. The molecule has 2 aromatic carbocycles. The van der Waals surface area contributed by atoms with Gasteiger partial charge >= 0.3 is 0 Å². The number of halogens is 1. The summed E-state index contributed by atoms with van der Waals surface area (Å²) in [5, 5.41) is 4.46. The number of fused-ring (bicyclic) bond motifs is 1. The molecular formula is C19H19ClN2O3. The Bertz CT molecular complexity index is 859. The number of benzene rings is 2. The van der Waals surface area contributed by atoms with Crippen LogP contribution in [0.5, 0.6) is 5.75 Å². The third-order valence-electron chi connectivity index (χ3n) is 3.76. The summed E-state index contributed by atoms with van der Waals surface area (Å²) in [5.41, 5.74) is 2.38. The van der Waals surface area contributed by atoms with E-state index in [0.29, 0.717) is 30.5 Å². The van der Waals surface area contributed by atoms with Gasteiger partial charge in [0.1, 0.15) is 18.1 Å². The maximum absolute atomic E-state index is 12.3. The topological polar surface area (TPSA) is 63.4 Å². The highest BCUT2D eigenvalue weighted by Gasteiger charge is 2.09. The molecule has 0 aliphatic heterocycles. The van der Waals surface area contributed by atoms with E-state index >= 15 is 0 Å². The standard InChI is InChI=1S/C19H19ClN2O3/c1-24-8-9-25-16-5-2-13(3-6-16)12-21-19(23)18-11-14-10-15(20)4-7-17(14)22-18/h2-7,10-11,22H,8-9,12H2,1H3,(H,21,23). The molecule has 0 atom stereocenters. The zero-order chi connectivity index (χ0) is 17.6. The normalized spacial score (nSPS) is 10.8. The molecule has 3 rings (SSSR count). The van der Waals surface area contributed by atoms with E-state index in [1.54, 1.807) is 19.2 Å². The molecule has 130 valence electrons. The molecule has 25 heavy (non-hydrogen) atoms. The van der Waals surface area contributed by atoms with Gasteiger partial charge in [-0.3, -0.25) is 4.79 Å². The summed E-state index contributed by atoms with van der Waals surface area (Å²) in [4.78, 5) is 15.4. The lowest BCUT2D eigenvalue weighted by molar-refractivity contribution is 0.0946. The number of hydrogen-bond donors (Lipinski definition) is 2. The van der Waals surface area contributed by atoms with Gasteiger partial charge < -0.3 is 19.8 Å². The van der Waals surface area contributed by atoms with Gasteiger partial charge in [-0.1, -0.05) is 23.7 Å². The van der Waals surface area contributed by atoms with Gasteiger partial charge in [-0.05, 0) is 42.0 Å². The molecule has 6 heteroatoms. The monoisotopic (exact) mass is 358 g/mol. The van der Waals surface area contributed by atoms with Crippen LogP contribution >= 0.6 is 11.6 Å². The fraction of sp³-hybridized carbons (Fsp3) is 0.211. The number of rotatable bonds is 7. The van der Waals surface area contributed by atoms with E-state index in [1.165, 1.54) is 0 Å². The van der Waals surface area contributed by atoms with Crippen LogP contribution in [-0.2, 0) is 11.3 Å². The number of carbonyl (C=O) groups excluding carboxylic acids is 1. The maximum atomic E-state index is 12.3. The van der Waals surface area contributed by atoms with E-state index in [1.807, 2.05) is 36.4 Å². The Labute approximate surface area is 150 Å². The highest BCUT2D eigenvalue weighted by Crippen LogP contribution is 2.20. The first-order chi connectivity index (χ1) is 12.2. The van der Waals surface area contributed by atoms with Gasteiger partial charge in [-0.25, -0.2) is 0 Å². The molecule has 1 aromatic heterocycles. The Hall–Kier alpha value is -2.50. The van der Waals surface area contributed by atoms with Crippen molar-refractivity contribution in [3.8, 4) is 5.75 Å². The number of carbonyl (C=O) groups is 1. The van der Waals surface area contributed by atoms with Gasteiger partial charge in [-0.2, -0.15) is 0 Å². The van der Waals surface area contributed by atoms with Crippen LogP contribution < -0.4 is 10.1 Å². The van der Waals surface area contributed by atoms with Crippen LogP contribution in [0.4, 0.5) is 0 Å². The van der Waals surface area contributed by atoms with Crippen molar-refractivity contribution in [2.75, 3.05) is 20.3 Å². The third-order valence-corrected chi connectivity index (χ3v) is 4.00. The summed E-state index contributed by atoms with van der Waals surface area (Å²) in [5.74, 6) is 0.618. The lowest BCUT2D eigenvalue weighted by atomic mass is 10.2. The molecule has 0 bridgehead atoms. The quantitative estimate of drug-likeness (QED) is 0.632. The molecule has 1 heterocycles. The second-order valence-corrected chi connectivity index (χ2v) is 6.02. The van der Waals surface area contributed by atoms with Gasteiger partial charge in [0.25, 0.3) is 5.91 Å². The zero-order valence-electron chi connectivity index (χ0n) is 13.8. The van der Waals surface area contributed by atoms with Crippen molar-refractivity contribution in [3.05, 3.63) is 64.8 Å². The molecule has 0 aliphatic rings. The van der Waals surface area contributed by atoms with Crippen molar-refractivity contribution < 1.29 is 14.3 Å². The van der Waals surface area contributed by atoms with Crippen molar-refractivity contribution in [3.63, 3.8) is 0 Å². The largest absolute Gasteiger partial charge is 0.491 e. The summed E-state index contributed by atoms with van der Waals surface area (Å²) in [6.45, 7) is 1.50. The van der Waals surface area contributed by atoms with Crippen LogP contribution in [0.2, 0.25) is 5.02 Å². The van der Waals surface area contributed by atoms with Gasteiger partial charge in [0.15, 0.2) is 0 Å². The second-order valence-electron chi connectivity index (χ2n) is 5.58. The fourth-order valence-corrected chi connectivity index (χ4v) is 2.63. The molecule has 0 saturated heterocycles. The second kappa shape index (κ2) is 8.05. The van der Waals surface area contributed by atoms with Gasteiger partial charge in [0.2, 0.25) is 0 Å². The predicted octanol–water partition coefficient (Wildman–Crippen LogP) is 3.78. The number of methoxy groups -OCH3 is 1. The number of nitrogens with one attached hydrogen (secondary N) is 2. The van der Waals surface area contributed by atoms with Crippen molar-refractivity contribution in [1.29, 1.82) is 0 Å². The molecule has 0 spiro atoms. The molecule has 0 aliphatic carbocycles. The Balaban J connectivity index is 1.57. The smallest absolute Gasteiger partial charge is 0.267 e. The minimum atomic E-state index is -0.159. The van der Waals surface area contributed by atoms with Crippen LogP contribution in [-0.4, -0.2) is 31.2 Å². The number of ether oxygens (including phenoxy) is 2. The Morgan fingerprint density at radius 2 is 1.92 bits per heavy atom. The number of aromatic amines is 1. The first-order valence-electron chi connectivity index (χ1n) is 7.93. The van der Waals surface area contributed by atoms with Crippen LogP contribution in [0.15, 0.2) is 48.5 Å². The number of amides is 1. The summed E-state index contributed by atoms with van der Waals surface area (Å²) in [6.07, 6.45) is 0. The van der Waals surface area contributed by atoms with E-state index in [4.69, 9.17) is 21.1 Å². The van der Waals surface area contributed by atoms with E-state index < -0.39 is 0 Å². The third kappa shape index (κ3) is 4.53. The van der Waals surface area contributed by atoms with Crippen LogP contribution in [0, 0.1) is 0 Å². The van der Waals surface area contributed by atoms with E-state index in [-0.39, 0.29) is 5.91 Å². The lowest BCUT2D eigenvalue weighted by Gasteiger charge is -2.07. The highest BCUT2D eigenvalue weighted by atomic mass is 35.5. The van der Waals surface area contributed by atoms with Crippen molar-refractivity contribution in [2.24, 2.45) is 0 Å². The van der Waals surface area contributed by atoms with Gasteiger partial charge in [0.05, 0.1) is 6.61 Å². The van der Waals surface area contributed by atoms with E-state index in [2.05, 4.69) is 10.3 Å². The molecule has 3 aromatic rings.